The maximum atomic E-state index is 11.8. The van der Waals surface area contributed by atoms with Crippen molar-refractivity contribution in [3.05, 3.63) is 48.7 Å². The van der Waals surface area contributed by atoms with Crippen molar-refractivity contribution in [1.29, 1.82) is 0 Å². The van der Waals surface area contributed by atoms with Gasteiger partial charge < -0.3 is 14.7 Å². The Morgan fingerprint density at radius 1 is 1.35 bits per heavy atom. The molecule has 5 nitrogen and oxygen atoms in total. The molecule has 3 aromatic rings. The number of aromatic nitrogens is 2. The molecule has 0 aliphatic heterocycles. The summed E-state index contributed by atoms with van der Waals surface area (Å²) in [5, 5.41) is 2.78. The Morgan fingerprint density at radius 3 is 3.12 bits per heavy atom. The number of imidazole rings is 1. The van der Waals surface area contributed by atoms with Crippen LogP contribution in [0.4, 0.5) is 5.69 Å². The van der Waals surface area contributed by atoms with E-state index in [4.69, 9.17) is 4.42 Å². The second kappa shape index (κ2) is 3.79. The van der Waals surface area contributed by atoms with E-state index in [0.29, 0.717) is 11.3 Å². The van der Waals surface area contributed by atoms with Crippen molar-refractivity contribution in [3.8, 4) is 0 Å². The minimum absolute atomic E-state index is 0.197. The number of fused-ring (bicyclic) bond motifs is 1. The minimum Gasteiger partial charge on any atom is -0.472 e. The van der Waals surface area contributed by atoms with Gasteiger partial charge in [-0.2, -0.15) is 0 Å². The molecule has 0 fully saturated rings. The maximum Gasteiger partial charge on any atom is 0.258 e. The van der Waals surface area contributed by atoms with Gasteiger partial charge in [0.1, 0.15) is 6.26 Å². The van der Waals surface area contributed by atoms with Crippen LogP contribution in [0.25, 0.3) is 11.0 Å². The van der Waals surface area contributed by atoms with Gasteiger partial charge in [0.15, 0.2) is 0 Å². The number of amides is 1. The lowest BCUT2D eigenvalue weighted by Crippen LogP contribution is -2.10. The molecule has 0 aliphatic carbocycles. The lowest BCUT2D eigenvalue weighted by Gasteiger charge is -2.02. The van der Waals surface area contributed by atoms with Crippen molar-refractivity contribution in [2.75, 3.05) is 5.32 Å². The second-order valence-corrected chi connectivity index (χ2v) is 3.60. The zero-order chi connectivity index (χ0) is 11.7. The van der Waals surface area contributed by atoms with Gasteiger partial charge in [-0.25, -0.2) is 4.98 Å². The topological polar surface area (TPSA) is 70.9 Å². The van der Waals surface area contributed by atoms with Gasteiger partial charge in [-0.3, -0.25) is 4.79 Å². The number of hydrogen-bond donors (Lipinski definition) is 2. The van der Waals surface area contributed by atoms with Crippen LogP contribution in [-0.2, 0) is 0 Å². The molecule has 0 saturated heterocycles. The molecule has 0 atom stereocenters. The molecule has 0 radical (unpaired) electrons. The molecular weight excluding hydrogens is 218 g/mol. The Balaban J connectivity index is 1.87. The molecule has 0 spiro atoms. The van der Waals surface area contributed by atoms with E-state index in [0.717, 1.165) is 11.0 Å². The van der Waals surface area contributed by atoms with Crippen LogP contribution < -0.4 is 5.32 Å². The van der Waals surface area contributed by atoms with E-state index in [-0.39, 0.29) is 5.91 Å². The molecule has 2 heterocycles. The second-order valence-electron chi connectivity index (χ2n) is 3.60. The fourth-order valence-corrected chi connectivity index (χ4v) is 1.61. The van der Waals surface area contributed by atoms with Crippen LogP contribution in [0, 0.1) is 0 Å². The summed E-state index contributed by atoms with van der Waals surface area (Å²) in [5.74, 6) is -0.197. The van der Waals surface area contributed by atoms with Crippen molar-refractivity contribution < 1.29 is 9.21 Å². The summed E-state index contributed by atoms with van der Waals surface area (Å²) in [6.07, 6.45) is 4.49. The minimum atomic E-state index is -0.197. The summed E-state index contributed by atoms with van der Waals surface area (Å²) in [7, 11) is 0. The number of anilines is 1. The predicted molar refractivity (Wildman–Crippen MR) is 62.8 cm³/mol. The van der Waals surface area contributed by atoms with Crippen molar-refractivity contribution >= 4 is 22.6 Å². The number of nitrogens with zero attached hydrogens (tertiary/aromatic N) is 1. The summed E-state index contributed by atoms with van der Waals surface area (Å²) in [4.78, 5) is 18.8. The lowest BCUT2D eigenvalue weighted by molar-refractivity contribution is 0.102. The third-order valence-electron chi connectivity index (χ3n) is 2.46. The first kappa shape index (κ1) is 9.65. The summed E-state index contributed by atoms with van der Waals surface area (Å²) in [6, 6.07) is 7.10. The molecule has 3 rings (SSSR count). The van der Waals surface area contributed by atoms with E-state index in [2.05, 4.69) is 15.3 Å². The fourth-order valence-electron chi connectivity index (χ4n) is 1.61. The molecule has 0 bridgehead atoms. The van der Waals surface area contributed by atoms with Gasteiger partial charge in [0.05, 0.1) is 29.2 Å². The number of rotatable bonds is 2. The molecule has 17 heavy (non-hydrogen) atoms. The molecular formula is C12H9N3O2. The van der Waals surface area contributed by atoms with Gasteiger partial charge in [0.2, 0.25) is 0 Å². The monoisotopic (exact) mass is 227 g/mol. The van der Waals surface area contributed by atoms with E-state index in [9.17, 15) is 4.79 Å². The SMILES string of the molecule is O=C(Nc1ccc2nc[nH]c2c1)c1ccoc1. The van der Waals surface area contributed by atoms with Crippen LogP contribution in [0.2, 0.25) is 0 Å². The normalized spacial score (nSPS) is 10.6. The van der Waals surface area contributed by atoms with Crippen LogP contribution in [0.15, 0.2) is 47.5 Å². The highest BCUT2D eigenvalue weighted by Gasteiger charge is 2.07. The zero-order valence-electron chi connectivity index (χ0n) is 8.81. The van der Waals surface area contributed by atoms with Crippen molar-refractivity contribution in [1.82, 2.24) is 9.97 Å². The lowest BCUT2D eigenvalue weighted by atomic mass is 10.2. The molecule has 2 N–H and O–H groups in total. The third-order valence-corrected chi connectivity index (χ3v) is 2.46. The van der Waals surface area contributed by atoms with Crippen LogP contribution in [0.3, 0.4) is 0 Å². The van der Waals surface area contributed by atoms with E-state index in [1.165, 1.54) is 12.5 Å². The standard InChI is InChI=1S/C12H9N3O2/c16-12(8-3-4-17-6-8)15-9-1-2-10-11(5-9)14-7-13-10/h1-7H,(H,13,14)(H,15,16). The third kappa shape index (κ3) is 1.78. The smallest absolute Gasteiger partial charge is 0.258 e. The van der Waals surface area contributed by atoms with Crippen LogP contribution in [-0.4, -0.2) is 15.9 Å². The average molecular weight is 227 g/mol. The molecule has 2 aromatic heterocycles. The van der Waals surface area contributed by atoms with E-state index in [1.54, 1.807) is 18.5 Å². The highest BCUT2D eigenvalue weighted by molar-refractivity contribution is 6.04. The molecule has 84 valence electrons. The van der Waals surface area contributed by atoms with Gasteiger partial charge in [-0.15, -0.1) is 0 Å². The van der Waals surface area contributed by atoms with Gasteiger partial charge in [-0.1, -0.05) is 0 Å². The molecule has 5 heteroatoms. The van der Waals surface area contributed by atoms with Crippen molar-refractivity contribution in [2.24, 2.45) is 0 Å². The average Bonchev–Trinajstić information content (AvgIpc) is 2.99. The highest BCUT2D eigenvalue weighted by atomic mass is 16.3. The van der Waals surface area contributed by atoms with E-state index < -0.39 is 0 Å². The Kier molecular flexibility index (Phi) is 2.15. The zero-order valence-corrected chi connectivity index (χ0v) is 8.81. The Hall–Kier alpha value is -2.56. The molecule has 0 unspecified atom stereocenters. The Bertz CT molecular complexity index is 655. The Morgan fingerprint density at radius 2 is 2.29 bits per heavy atom. The predicted octanol–water partition coefficient (Wildman–Crippen LogP) is 2.41. The molecule has 0 aliphatic rings. The number of carbonyl (C=O) groups is 1. The maximum absolute atomic E-state index is 11.8. The summed E-state index contributed by atoms with van der Waals surface area (Å²) in [5.41, 5.74) is 2.96. The Labute approximate surface area is 96.5 Å². The molecule has 1 amide bonds. The largest absolute Gasteiger partial charge is 0.472 e. The number of furan rings is 1. The van der Waals surface area contributed by atoms with Crippen LogP contribution in [0.5, 0.6) is 0 Å². The molecule has 0 saturated carbocycles. The van der Waals surface area contributed by atoms with E-state index >= 15 is 0 Å². The number of carbonyl (C=O) groups excluding carboxylic acids is 1. The number of benzene rings is 1. The number of nitrogens with one attached hydrogen (secondary N) is 2. The number of aromatic amines is 1. The summed E-state index contributed by atoms with van der Waals surface area (Å²) < 4.78 is 4.85. The van der Waals surface area contributed by atoms with Crippen molar-refractivity contribution in [2.45, 2.75) is 0 Å². The number of H-pyrrole nitrogens is 1. The first-order valence-electron chi connectivity index (χ1n) is 5.09. The first-order chi connectivity index (χ1) is 8.33. The van der Waals surface area contributed by atoms with Gasteiger partial charge in [0.25, 0.3) is 5.91 Å². The quantitative estimate of drug-likeness (QED) is 0.706. The molecule has 1 aromatic carbocycles. The van der Waals surface area contributed by atoms with Crippen molar-refractivity contribution in [3.63, 3.8) is 0 Å². The summed E-state index contributed by atoms with van der Waals surface area (Å²) in [6.45, 7) is 0. The van der Waals surface area contributed by atoms with Crippen LogP contribution >= 0.6 is 0 Å². The van der Waals surface area contributed by atoms with Gasteiger partial charge in [0, 0.05) is 5.69 Å². The van der Waals surface area contributed by atoms with Gasteiger partial charge in [-0.05, 0) is 24.3 Å². The number of hydrogen-bond acceptors (Lipinski definition) is 3. The van der Waals surface area contributed by atoms with E-state index in [1.807, 2.05) is 12.1 Å². The first-order valence-corrected chi connectivity index (χ1v) is 5.09. The highest BCUT2D eigenvalue weighted by Crippen LogP contribution is 2.16. The van der Waals surface area contributed by atoms with Crippen LogP contribution in [0.1, 0.15) is 10.4 Å². The fraction of sp³-hybridized carbons (Fsp3) is 0. The van der Waals surface area contributed by atoms with Gasteiger partial charge >= 0.3 is 0 Å². The summed E-state index contributed by atoms with van der Waals surface area (Å²) >= 11 is 0.